The smallest absolute Gasteiger partial charge is 0.275 e. The molecule has 1 amide bonds. The Morgan fingerprint density at radius 2 is 2.13 bits per heavy atom. The van der Waals surface area contributed by atoms with E-state index >= 15 is 0 Å². The normalized spacial score (nSPS) is 20.7. The van der Waals surface area contributed by atoms with Crippen LogP contribution in [0, 0.1) is 11.6 Å². The van der Waals surface area contributed by atoms with E-state index in [0.717, 1.165) is 12.1 Å². The molecule has 1 fully saturated rings. The lowest BCUT2D eigenvalue weighted by Crippen LogP contribution is -2.33. The molecule has 122 valence electrons. The van der Waals surface area contributed by atoms with Crippen LogP contribution in [0.1, 0.15) is 29.8 Å². The molecule has 0 bridgehead atoms. The van der Waals surface area contributed by atoms with Crippen LogP contribution in [0.15, 0.2) is 22.7 Å². The van der Waals surface area contributed by atoms with Crippen molar-refractivity contribution >= 4 is 17.5 Å². The van der Waals surface area contributed by atoms with Crippen LogP contribution in [0.5, 0.6) is 0 Å². The Morgan fingerprint density at radius 1 is 1.35 bits per heavy atom. The Balaban J connectivity index is 1.81. The second-order valence-corrected chi connectivity index (χ2v) is 5.82. The van der Waals surface area contributed by atoms with E-state index in [2.05, 4.69) is 10.5 Å². The highest BCUT2D eigenvalue weighted by atomic mass is 35.5. The average Bonchev–Trinajstić information content (AvgIpc) is 3.08. The largest absolute Gasteiger partial charge is 0.393 e. The van der Waals surface area contributed by atoms with Crippen LogP contribution in [0.4, 0.5) is 8.78 Å². The number of carbonyl (C=O) groups excluding carboxylic acids is 1. The van der Waals surface area contributed by atoms with E-state index in [4.69, 9.17) is 16.1 Å². The van der Waals surface area contributed by atoms with Crippen molar-refractivity contribution in [3.8, 4) is 11.3 Å². The van der Waals surface area contributed by atoms with Gasteiger partial charge in [0.05, 0.1) is 6.10 Å². The Bertz CT molecular complexity index is 750. The predicted octanol–water partition coefficient (Wildman–Crippen LogP) is 2.92. The summed E-state index contributed by atoms with van der Waals surface area (Å²) in [6.45, 7) is 0. The maximum Gasteiger partial charge on any atom is 0.275 e. The maximum absolute atomic E-state index is 13.3. The zero-order valence-electron chi connectivity index (χ0n) is 11.9. The van der Waals surface area contributed by atoms with Gasteiger partial charge in [-0.25, -0.2) is 8.78 Å². The molecule has 5 nitrogen and oxygen atoms in total. The van der Waals surface area contributed by atoms with Crippen molar-refractivity contribution in [3.05, 3.63) is 40.6 Å². The van der Waals surface area contributed by atoms with Crippen LogP contribution in [-0.2, 0) is 0 Å². The van der Waals surface area contributed by atoms with Crippen molar-refractivity contribution in [2.24, 2.45) is 0 Å². The fourth-order valence-electron chi connectivity index (χ4n) is 2.58. The van der Waals surface area contributed by atoms with E-state index in [1.54, 1.807) is 0 Å². The Hall–Kier alpha value is -1.99. The number of aromatic nitrogens is 1. The summed E-state index contributed by atoms with van der Waals surface area (Å²) in [5.74, 6) is -2.60. The van der Waals surface area contributed by atoms with Gasteiger partial charge in [0.15, 0.2) is 23.1 Å². The van der Waals surface area contributed by atoms with Crippen molar-refractivity contribution in [1.29, 1.82) is 0 Å². The van der Waals surface area contributed by atoms with E-state index in [1.165, 1.54) is 6.07 Å². The number of nitrogens with zero attached hydrogens (tertiary/aromatic N) is 1. The molecule has 1 saturated carbocycles. The van der Waals surface area contributed by atoms with Crippen molar-refractivity contribution in [1.82, 2.24) is 10.5 Å². The minimum Gasteiger partial charge on any atom is -0.393 e. The number of aliphatic hydroxyl groups excluding tert-OH is 1. The number of rotatable bonds is 3. The number of hydrogen-bond acceptors (Lipinski definition) is 4. The summed E-state index contributed by atoms with van der Waals surface area (Å²) in [6, 6.07) is 2.97. The lowest BCUT2D eigenvalue weighted by molar-refractivity contribution is 0.0925. The zero-order chi connectivity index (χ0) is 16.6. The van der Waals surface area contributed by atoms with Gasteiger partial charge in [-0.15, -0.1) is 0 Å². The van der Waals surface area contributed by atoms with Gasteiger partial charge < -0.3 is 14.9 Å². The van der Waals surface area contributed by atoms with Crippen molar-refractivity contribution in [2.75, 3.05) is 0 Å². The summed E-state index contributed by atoms with van der Waals surface area (Å²) in [7, 11) is 0. The third-order valence-electron chi connectivity index (χ3n) is 3.77. The van der Waals surface area contributed by atoms with Gasteiger partial charge in [-0.2, -0.15) is 0 Å². The van der Waals surface area contributed by atoms with Gasteiger partial charge in [0.1, 0.15) is 5.02 Å². The first-order valence-corrected chi connectivity index (χ1v) is 7.43. The average molecular weight is 343 g/mol. The number of aliphatic hydroxyl groups is 1. The van der Waals surface area contributed by atoms with Gasteiger partial charge in [-0.1, -0.05) is 16.8 Å². The van der Waals surface area contributed by atoms with Crippen LogP contribution in [0.2, 0.25) is 5.02 Å². The molecule has 0 spiro atoms. The van der Waals surface area contributed by atoms with Gasteiger partial charge in [-0.05, 0) is 37.5 Å². The third kappa shape index (κ3) is 3.20. The highest BCUT2D eigenvalue weighted by Crippen LogP contribution is 2.32. The van der Waals surface area contributed by atoms with Crippen LogP contribution in [0.3, 0.4) is 0 Å². The molecule has 2 N–H and O–H groups in total. The number of hydrogen-bond donors (Lipinski definition) is 2. The Kier molecular flexibility index (Phi) is 4.32. The van der Waals surface area contributed by atoms with Gasteiger partial charge in [-0.3, -0.25) is 4.79 Å². The maximum atomic E-state index is 13.3. The van der Waals surface area contributed by atoms with Gasteiger partial charge >= 0.3 is 0 Å². The molecule has 2 aromatic rings. The number of benzene rings is 1. The fourth-order valence-corrected chi connectivity index (χ4v) is 2.84. The monoisotopic (exact) mass is 342 g/mol. The van der Waals surface area contributed by atoms with E-state index in [-0.39, 0.29) is 28.1 Å². The number of nitrogens with one attached hydrogen (secondary N) is 1. The highest BCUT2D eigenvalue weighted by Gasteiger charge is 2.28. The first-order chi connectivity index (χ1) is 11.0. The Morgan fingerprint density at radius 3 is 2.78 bits per heavy atom. The van der Waals surface area contributed by atoms with Gasteiger partial charge in [0, 0.05) is 11.6 Å². The minimum absolute atomic E-state index is 0.0119. The molecule has 0 radical (unpaired) electrons. The summed E-state index contributed by atoms with van der Waals surface area (Å²) in [5.41, 5.74) is 0.0459. The second kappa shape index (κ2) is 6.25. The quantitative estimate of drug-likeness (QED) is 0.899. The van der Waals surface area contributed by atoms with Crippen LogP contribution >= 0.6 is 11.6 Å². The van der Waals surface area contributed by atoms with E-state index < -0.39 is 23.6 Å². The van der Waals surface area contributed by atoms with Crippen molar-refractivity contribution in [3.63, 3.8) is 0 Å². The fraction of sp³-hybridized carbons (Fsp3) is 0.333. The molecule has 1 aromatic heterocycles. The third-order valence-corrected chi connectivity index (χ3v) is 4.12. The molecule has 0 unspecified atom stereocenters. The van der Waals surface area contributed by atoms with Gasteiger partial charge in [0.2, 0.25) is 0 Å². The zero-order valence-corrected chi connectivity index (χ0v) is 12.6. The molecule has 0 saturated heterocycles. The van der Waals surface area contributed by atoms with Gasteiger partial charge in [0.25, 0.3) is 5.91 Å². The Labute approximate surface area is 135 Å². The molecular formula is C15H13ClF2N2O3. The number of carbonyl (C=O) groups is 1. The number of halogens is 3. The second-order valence-electron chi connectivity index (χ2n) is 5.44. The van der Waals surface area contributed by atoms with E-state index in [9.17, 15) is 18.7 Å². The molecule has 23 heavy (non-hydrogen) atoms. The molecule has 2 atom stereocenters. The first kappa shape index (κ1) is 15.9. The van der Waals surface area contributed by atoms with E-state index in [1.807, 2.05) is 0 Å². The summed E-state index contributed by atoms with van der Waals surface area (Å²) < 4.78 is 31.3. The lowest BCUT2D eigenvalue weighted by Gasteiger charge is -2.10. The molecule has 1 aliphatic rings. The summed E-state index contributed by atoms with van der Waals surface area (Å²) in [5, 5.41) is 15.7. The topological polar surface area (TPSA) is 75.4 Å². The SMILES string of the molecule is O=C(N[C@@H]1CC[C@H](O)C1)c1noc(-c2ccc(F)c(F)c2)c1Cl. The standard InChI is InChI=1S/C15H13ClF2N2O3/c16-12-13(15(22)19-8-2-3-9(21)6-8)20-23-14(12)7-1-4-10(17)11(18)5-7/h1,4-5,8-9,21H,2-3,6H2,(H,19,22)/t8-,9+/m1/s1. The molecule has 1 aromatic carbocycles. The molecule has 1 aliphatic carbocycles. The molecule has 0 aliphatic heterocycles. The van der Waals surface area contributed by atoms with Crippen LogP contribution in [0.25, 0.3) is 11.3 Å². The molecule has 1 heterocycles. The summed E-state index contributed by atoms with van der Waals surface area (Å²) in [4.78, 5) is 12.2. The summed E-state index contributed by atoms with van der Waals surface area (Å²) in [6.07, 6.45) is 1.33. The summed E-state index contributed by atoms with van der Waals surface area (Å²) >= 11 is 6.08. The predicted molar refractivity (Wildman–Crippen MR) is 78.0 cm³/mol. The van der Waals surface area contributed by atoms with Crippen molar-refractivity contribution < 1.29 is 23.2 Å². The minimum atomic E-state index is -1.05. The van der Waals surface area contributed by atoms with Crippen molar-refractivity contribution in [2.45, 2.75) is 31.4 Å². The number of amides is 1. The lowest BCUT2D eigenvalue weighted by atomic mass is 10.1. The van der Waals surface area contributed by atoms with Crippen LogP contribution in [-0.4, -0.2) is 28.3 Å². The first-order valence-electron chi connectivity index (χ1n) is 7.05. The van der Waals surface area contributed by atoms with Crippen LogP contribution < -0.4 is 5.32 Å². The molecule has 8 heteroatoms. The molecular weight excluding hydrogens is 330 g/mol. The molecule has 3 rings (SSSR count). The highest BCUT2D eigenvalue weighted by molar-refractivity contribution is 6.35. The van der Waals surface area contributed by atoms with E-state index in [0.29, 0.717) is 19.3 Å².